The first-order chi connectivity index (χ1) is 14.2. The van der Waals surface area contributed by atoms with E-state index in [1.54, 1.807) is 0 Å². The highest BCUT2D eigenvalue weighted by Crippen LogP contribution is 2.37. The molecule has 0 bridgehead atoms. The predicted octanol–water partition coefficient (Wildman–Crippen LogP) is 5.34. The number of nitrogens with one attached hydrogen (secondary N) is 1. The lowest BCUT2D eigenvalue weighted by molar-refractivity contribution is 0.176. The summed E-state index contributed by atoms with van der Waals surface area (Å²) >= 11 is 0. The van der Waals surface area contributed by atoms with E-state index < -0.39 is 0 Å². The molecule has 4 heteroatoms. The zero-order valence-corrected chi connectivity index (χ0v) is 16.8. The Morgan fingerprint density at radius 3 is 2.55 bits per heavy atom. The van der Waals surface area contributed by atoms with Gasteiger partial charge in [-0.2, -0.15) is 0 Å². The van der Waals surface area contributed by atoms with Gasteiger partial charge in [-0.15, -0.1) is 0 Å². The van der Waals surface area contributed by atoms with Gasteiger partial charge in [-0.3, -0.25) is 0 Å². The molecule has 2 heterocycles. The van der Waals surface area contributed by atoms with Crippen molar-refractivity contribution in [2.45, 2.75) is 51.2 Å². The van der Waals surface area contributed by atoms with Crippen LogP contribution >= 0.6 is 0 Å². The summed E-state index contributed by atoms with van der Waals surface area (Å²) in [4.78, 5) is 15.6. The normalized spacial score (nSPS) is 18.8. The number of nitrogens with zero attached hydrogens (tertiary/aromatic N) is 2. The number of fused-ring (bicyclic) bond motifs is 3. The Morgan fingerprint density at radius 1 is 0.966 bits per heavy atom. The van der Waals surface area contributed by atoms with E-state index in [9.17, 15) is 4.79 Å². The number of benzene rings is 2. The topological polar surface area (TPSA) is 37.3 Å². The van der Waals surface area contributed by atoms with E-state index in [0.717, 1.165) is 24.2 Å². The molecule has 0 saturated heterocycles. The maximum atomic E-state index is 13.5. The van der Waals surface area contributed by atoms with Gasteiger partial charge in [-0.1, -0.05) is 55.3 Å². The number of para-hydroxylation sites is 1. The zero-order chi connectivity index (χ0) is 19.8. The van der Waals surface area contributed by atoms with Gasteiger partial charge in [0.1, 0.15) is 6.04 Å². The monoisotopic (exact) mass is 385 g/mol. The van der Waals surface area contributed by atoms with Gasteiger partial charge in [0.2, 0.25) is 0 Å². The molecule has 1 saturated carbocycles. The Bertz CT molecular complexity index is 1030. The van der Waals surface area contributed by atoms with Gasteiger partial charge in [-0.25, -0.2) is 4.79 Å². The number of urea groups is 1. The summed E-state index contributed by atoms with van der Waals surface area (Å²) < 4.78 is 2.25. The van der Waals surface area contributed by atoms with Crippen molar-refractivity contribution >= 4 is 6.03 Å². The van der Waals surface area contributed by atoms with Crippen molar-refractivity contribution in [2.24, 2.45) is 0 Å². The molecule has 29 heavy (non-hydrogen) atoms. The van der Waals surface area contributed by atoms with Crippen LogP contribution < -0.4 is 5.32 Å². The van der Waals surface area contributed by atoms with Crippen molar-refractivity contribution in [3.8, 4) is 5.69 Å². The van der Waals surface area contributed by atoms with E-state index in [1.165, 1.54) is 29.5 Å². The SMILES string of the molecule is Cc1ccccc1[C@H]1c2cccn2-c2ccccc2CN1C(=O)NC1CCCC1. The first kappa shape index (κ1) is 18.0. The number of amides is 2. The van der Waals surface area contributed by atoms with Gasteiger partial charge in [0.05, 0.1) is 12.2 Å². The van der Waals surface area contributed by atoms with Gasteiger partial charge in [-0.05, 0) is 54.7 Å². The zero-order valence-electron chi connectivity index (χ0n) is 16.8. The van der Waals surface area contributed by atoms with E-state index in [4.69, 9.17) is 0 Å². The molecule has 0 unspecified atom stereocenters. The molecule has 5 rings (SSSR count). The molecule has 0 spiro atoms. The second-order valence-corrected chi connectivity index (χ2v) is 8.25. The van der Waals surface area contributed by atoms with Gasteiger partial charge in [0, 0.05) is 17.9 Å². The Morgan fingerprint density at radius 2 is 1.72 bits per heavy atom. The highest BCUT2D eigenvalue weighted by molar-refractivity contribution is 5.76. The third-order valence-corrected chi connectivity index (χ3v) is 6.39. The molecule has 3 aromatic rings. The van der Waals surface area contributed by atoms with E-state index in [2.05, 4.69) is 83.7 Å². The van der Waals surface area contributed by atoms with E-state index in [0.29, 0.717) is 12.6 Å². The number of rotatable bonds is 2. The molecule has 1 N–H and O–H groups in total. The summed E-state index contributed by atoms with van der Waals surface area (Å²) in [6.07, 6.45) is 6.69. The Balaban J connectivity index is 1.64. The quantitative estimate of drug-likeness (QED) is 0.635. The molecule has 1 fully saturated rings. The van der Waals surface area contributed by atoms with E-state index >= 15 is 0 Å². The fourth-order valence-corrected chi connectivity index (χ4v) is 4.89. The molecule has 1 aromatic heterocycles. The maximum Gasteiger partial charge on any atom is 0.318 e. The molecule has 1 atom stereocenters. The second-order valence-electron chi connectivity index (χ2n) is 8.25. The highest BCUT2D eigenvalue weighted by Gasteiger charge is 2.34. The number of hydrogen-bond acceptors (Lipinski definition) is 1. The lowest BCUT2D eigenvalue weighted by Gasteiger charge is -2.32. The third-order valence-electron chi connectivity index (χ3n) is 6.39. The summed E-state index contributed by atoms with van der Waals surface area (Å²) in [5.41, 5.74) is 5.84. The molecule has 1 aliphatic heterocycles. The highest BCUT2D eigenvalue weighted by atomic mass is 16.2. The average Bonchev–Trinajstić information content (AvgIpc) is 3.39. The molecule has 148 valence electrons. The van der Waals surface area contributed by atoms with Crippen molar-refractivity contribution in [1.29, 1.82) is 0 Å². The van der Waals surface area contributed by atoms with E-state index in [-0.39, 0.29) is 12.1 Å². The standard InChI is InChI=1S/C25H27N3O/c1-18-9-2-6-13-21(18)24-23-15-8-16-27(23)22-14-7-3-10-19(22)17-28(24)25(29)26-20-11-4-5-12-20/h2-3,6-10,13-16,20,24H,4-5,11-12,17H2,1H3,(H,26,29)/t24-/m0/s1. The van der Waals surface area contributed by atoms with Crippen molar-refractivity contribution in [2.75, 3.05) is 0 Å². The van der Waals surface area contributed by atoms with Crippen LogP contribution in [-0.4, -0.2) is 21.5 Å². The van der Waals surface area contributed by atoms with Crippen LogP contribution in [0, 0.1) is 6.92 Å². The summed E-state index contributed by atoms with van der Waals surface area (Å²) in [5.74, 6) is 0. The number of aryl methyl sites for hydroxylation is 1. The Kier molecular flexibility index (Phi) is 4.62. The molecule has 1 aliphatic carbocycles. The largest absolute Gasteiger partial charge is 0.335 e. The van der Waals surface area contributed by atoms with Crippen LogP contribution in [0.25, 0.3) is 5.69 Å². The smallest absolute Gasteiger partial charge is 0.318 e. The minimum atomic E-state index is -0.125. The molecular formula is C25H27N3O. The van der Waals surface area contributed by atoms with Crippen LogP contribution in [-0.2, 0) is 6.54 Å². The van der Waals surface area contributed by atoms with Crippen molar-refractivity contribution < 1.29 is 4.79 Å². The average molecular weight is 386 g/mol. The fourth-order valence-electron chi connectivity index (χ4n) is 4.89. The predicted molar refractivity (Wildman–Crippen MR) is 115 cm³/mol. The minimum Gasteiger partial charge on any atom is -0.335 e. The Hall–Kier alpha value is -3.01. The molecule has 0 radical (unpaired) electrons. The first-order valence-electron chi connectivity index (χ1n) is 10.6. The number of carbonyl (C=O) groups is 1. The Labute approximate surface area is 172 Å². The van der Waals surface area contributed by atoms with Crippen LogP contribution in [0.4, 0.5) is 4.79 Å². The summed E-state index contributed by atoms with van der Waals surface area (Å²) in [5, 5.41) is 3.33. The number of carbonyl (C=O) groups excluding carboxylic acids is 1. The fraction of sp³-hybridized carbons (Fsp3) is 0.320. The van der Waals surface area contributed by atoms with Gasteiger partial charge < -0.3 is 14.8 Å². The molecule has 2 aliphatic rings. The minimum absolute atomic E-state index is 0.0367. The number of hydrogen-bond donors (Lipinski definition) is 1. The van der Waals surface area contributed by atoms with Crippen LogP contribution in [0.2, 0.25) is 0 Å². The molecule has 2 amide bonds. The van der Waals surface area contributed by atoms with Crippen LogP contribution in [0.1, 0.15) is 54.1 Å². The second kappa shape index (κ2) is 7.43. The summed E-state index contributed by atoms with van der Waals surface area (Å²) in [6, 6.07) is 21.3. The number of aromatic nitrogens is 1. The first-order valence-corrected chi connectivity index (χ1v) is 10.6. The van der Waals surface area contributed by atoms with E-state index in [1.807, 2.05) is 4.90 Å². The lowest BCUT2D eigenvalue weighted by atomic mass is 9.97. The van der Waals surface area contributed by atoms with Gasteiger partial charge in [0.25, 0.3) is 0 Å². The summed E-state index contributed by atoms with van der Waals surface area (Å²) in [6.45, 7) is 2.73. The van der Waals surface area contributed by atoms with Gasteiger partial charge in [0.15, 0.2) is 0 Å². The maximum absolute atomic E-state index is 13.5. The molecule has 4 nitrogen and oxygen atoms in total. The van der Waals surface area contributed by atoms with Crippen molar-refractivity contribution in [3.63, 3.8) is 0 Å². The van der Waals surface area contributed by atoms with Gasteiger partial charge >= 0.3 is 6.03 Å². The lowest BCUT2D eigenvalue weighted by Crippen LogP contribution is -2.45. The summed E-state index contributed by atoms with van der Waals surface area (Å²) in [7, 11) is 0. The van der Waals surface area contributed by atoms with Crippen LogP contribution in [0.5, 0.6) is 0 Å². The van der Waals surface area contributed by atoms with Crippen LogP contribution in [0.15, 0.2) is 66.9 Å². The molecular weight excluding hydrogens is 358 g/mol. The molecule has 2 aromatic carbocycles. The van der Waals surface area contributed by atoms with Crippen LogP contribution in [0.3, 0.4) is 0 Å². The van der Waals surface area contributed by atoms with Crippen molar-refractivity contribution in [1.82, 2.24) is 14.8 Å². The third kappa shape index (κ3) is 3.23. The van der Waals surface area contributed by atoms with Crippen molar-refractivity contribution in [3.05, 3.63) is 89.2 Å².